The van der Waals surface area contributed by atoms with Crippen LogP contribution >= 0.6 is 15.6 Å². The van der Waals surface area contributed by atoms with Gasteiger partial charge in [-0.15, -0.1) is 0 Å². The molecule has 0 aliphatic rings. The first kappa shape index (κ1) is 94.9. The van der Waals surface area contributed by atoms with Crippen molar-refractivity contribution in [2.45, 2.75) is 334 Å². The smallest absolute Gasteiger partial charge is 0.463 e. The number of aliphatic hydroxyl groups is 2. The van der Waals surface area contributed by atoms with E-state index in [0.717, 1.165) is 161 Å². The molecule has 18 heteroatoms. The van der Waals surface area contributed by atoms with Crippen molar-refractivity contribution in [3.63, 3.8) is 0 Å². The fraction of sp³-hybridized carbons (Fsp3) is 0.716. The largest absolute Gasteiger partial charge is 0.472 e. The van der Waals surface area contributed by atoms with Gasteiger partial charge in [0.1, 0.15) is 25.4 Å². The van der Waals surface area contributed by atoms with Crippen molar-refractivity contribution in [2.75, 3.05) is 39.6 Å². The zero-order valence-corrected chi connectivity index (χ0v) is 63.9. The van der Waals surface area contributed by atoms with Crippen molar-refractivity contribution in [3.8, 4) is 0 Å². The van der Waals surface area contributed by atoms with Crippen molar-refractivity contribution in [1.82, 2.24) is 0 Å². The number of phosphoric ester groups is 2. The number of hydrogen-bond donors (Lipinski definition) is 4. The maximum Gasteiger partial charge on any atom is 0.472 e. The van der Waals surface area contributed by atoms with Crippen LogP contribution < -0.4 is 0 Å². The first-order valence-electron chi connectivity index (χ1n) is 38.8. The van der Waals surface area contributed by atoms with E-state index in [1.54, 1.807) is 0 Å². The lowest BCUT2D eigenvalue weighted by molar-refractivity contribution is -0.161. The third-order valence-electron chi connectivity index (χ3n) is 16.1. The fourth-order valence-electron chi connectivity index (χ4n) is 10.2. The summed E-state index contributed by atoms with van der Waals surface area (Å²) in [6.45, 7) is 2.51. The minimum absolute atomic E-state index is 0.0907. The third-order valence-corrected chi connectivity index (χ3v) is 18.0. The number of carbonyl (C=O) groups is 3. The van der Waals surface area contributed by atoms with E-state index in [-0.39, 0.29) is 19.3 Å². The second kappa shape index (κ2) is 73.7. The zero-order chi connectivity index (χ0) is 72.3. The molecular weight excluding hydrogens is 1290 g/mol. The van der Waals surface area contributed by atoms with Crippen LogP contribution in [-0.4, -0.2) is 95.9 Å². The molecule has 4 N–H and O–H groups in total. The number of hydrogen-bond acceptors (Lipinski definition) is 14. The van der Waals surface area contributed by atoms with Gasteiger partial charge < -0.3 is 34.2 Å². The summed E-state index contributed by atoms with van der Waals surface area (Å²) < 4.78 is 61.1. The van der Waals surface area contributed by atoms with E-state index in [0.29, 0.717) is 19.3 Å². The van der Waals surface area contributed by atoms with Gasteiger partial charge in [0.15, 0.2) is 6.10 Å². The van der Waals surface area contributed by atoms with Gasteiger partial charge >= 0.3 is 33.6 Å². The van der Waals surface area contributed by atoms with Gasteiger partial charge in [-0.3, -0.25) is 32.5 Å². The Hall–Kier alpha value is -4.05. The average molecular weight is 1430 g/mol. The fourth-order valence-corrected chi connectivity index (χ4v) is 11.8. The molecule has 0 aromatic rings. The molecule has 16 nitrogen and oxygen atoms in total. The summed E-state index contributed by atoms with van der Waals surface area (Å²) in [5, 5.41) is 20.6. The second-order valence-corrected chi connectivity index (χ2v) is 28.7. The van der Waals surface area contributed by atoms with E-state index in [1.165, 1.54) is 96.3 Å². The number of unbranched alkanes of at least 4 members (excludes halogenated alkanes) is 30. The molecule has 0 radical (unpaired) electrons. The molecule has 0 bridgehead atoms. The molecule has 0 aliphatic carbocycles. The van der Waals surface area contributed by atoms with E-state index in [9.17, 15) is 43.5 Å². The molecule has 0 rings (SSSR count). The van der Waals surface area contributed by atoms with E-state index in [1.807, 2.05) is 0 Å². The molecule has 0 fully saturated rings. The van der Waals surface area contributed by atoms with Crippen LogP contribution in [0.15, 0.2) is 122 Å². The van der Waals surface area contributed by atoms with Crippen LogP contribution in [0, 0.1) is 0 Å². The Morgan fingerprint density at radius 3 is 0.879 bits per heavy atom. The molecule has 5 unspecified atom stereocenters. The van der Waals surface area contributed by atoms with Crippen LogP contribution in [-0.2, 0) is 55.8 Å². The SMILES string of the molecule is CC/C=C\C/C=C\C/C=C\C/C=C\C/C=C\CCCCCCCCCCCCCC(=O)OCC(O)COP(=O)(O)OCC(O)COP(=O)(O)OCC(COC(=O)CCCCCCCCC/C=C\C/C=C\C/C=C\C/C=C\CCCCC)OC(=O)CCCCCCC/C=C\CCCCCC. The standard InChI is InChI=1S/C81H140O16P2/c1-4-7-10-13-16-19-22-25-27-29-31-33-35-36-37-38-40-42-43-45-47-50-52-55-58-61-64-67-79(84)91-70-76(82)71-93-98(87,88)94-72-77(83)73-95-99(89,90)96-75-78(97-81(86)69-66-63-60-57-54-49-24-21-18-15-12-9-6-3)74-92-80(85)68-65-62-59-56-53-51-48-46-44-41-39-34-32-30-28-26-23-20-17-14-11-8-5-2/h7,10,16-17,19-21,24-28,31-34,36-37,41,44,76-78,82-83H,4-6,8-9,11-15,18,22-23,29-30,35,38-40,42-43,45-75H2,1-3H3,(H,87,88)(H,89,90)/b10-7-,19-16-,20-17-,24-21-,27-25-,28-26-,33-31-,34-32-,37-36-,44-41-. The molecule has 0 amide bonds. The van der Waals surface area contributed by atoms with Gasteiger partial charge in [-0.25, -0.2) is 9.13 Å². The van der Waals surface area contributed by atoms with Crippen LogP contribution in [0.2, 0.25) is 0 Å². The number of carbonyl (C=O) groups excluding carboxylic acids is 3. The molecule has 0 saturated carbocycles. The average Bonchev–Trinajstić information content (AvgIpc) is 1.04. The number of esters is 3. The van der Waals surface area contributed by atoms with Crippen LogP contribution in [0.1, 0.15) is 316 Å². The number of ether oxygens (including phenoxy) is 3. The highest BCUT2D eigenvalue weighted by molar-refractivity contribution is 7.47. The van der Waals surface area contributed by atoms with Crippen molar-refractivity contribution in [2.24, 2.45) is 0 Å². The maximum atomic E-state index is 12.9. The Bertz CT molecular complexity index is 2290. The number of aliphatic hydroxyl groups excluding tert-OH is 2. The van der Waals surface area contributed by atoms with Gasteiger partial charge in [-0.2, -0.15) is 0 Å². The van der Waals surface area contributed by atoms with Crippen molar-refractivity contribution in [1.29, 1.82) is 0 Å². The molecule has 0 heterocycles. The van der Waals surface area contributed by atoms with Gasteiger partial charge in [0, 0.05) is 19.3 Å². The molecular formula is C81H140O16P2. The highest BCUT2D eigenvalue weighted by Crippen LogP contribution is 2.45. The summed E-state index contributed by atoms with van der Waals surface area (Å²) in [5.41, 5.74) is 0. The molecule has 0 spiro atoms. The quantitative estimate of drug-likeness (QED) is 0.0146. The Kier molecular flexibility index (Phi) is 70.7. The van der Waals surface area contributed by atoms with Gasteiger partial charge in [0.25, 0.3) is 0 Å². The number of phosphoric acid groups is 2. The Balaban J connectivity index is 4.54. The molecule has 570 valence electrons. The summed E-state index contributed by atoms with van der Waals surface area (Å²) in [6, 6.07) is 0. The minimum atomic E-state index is -4.93. The Labute approximate surface area is 602 Å². The van der Waals surface area contributed by atoms with E-state index in [4.69, 9.17) is 32.3 Å². The second-order valence-electron chi connectivity index (χ2n) is 25.8. The molecule has 5 atom stereocenters. The lowest BCUT2D eigenvalue weighted by Crippen LogP contribution is -2.30. The van der Waals surface area contributed by atoms with Crippen LogP contribution in [0.25, 0.3) is 0 Å². The van der Waals surface area contributed by atoms with Crippen LogP contribution in [0.3, 0.4) is 0 Å². The zero-order valence-electron chi connectivity index (χ0n) is 62.1. The monoisotopic (exact) mass is 1430 g/mol. The Morgan fingerprint density at radius 1 is 0.293 bits per heavy atom. The summed E-state index contributed by atoms with van der Waals surface area (Å²) in [4.78, 5) is 58.6. The van der Waals surface area contributed by atoms with E-state index < -0.39 is 91.5 Å². The predicted octanol–water partition coefficient (Wildman–Crippen LogP) is 22.5. The lowest BCUT2D eigenvalue weighted by Gasteiger charge is -2.21. The van der Waals surface area contributed by atoms with Gasteiger partial charge in [-0.1, -0.05) is 284 Å². The first-order valence-corrected chi connectivity index (χ1v) is 41.8. The highest BCUT2D eigenvalue weighted by Gasteiger charge is 2.29. The first-order chi connectivity index (χ1) is 48.2. The maximum absolute atomic E-state index is 12.9. The van der Waals surface area contributed by atoms with E-state index >= 15 is 0 Å². The lowest BCUT2D eigenvalue weighted by atomic mass is 10.0. The van der Waals surface area contributed by atoms with Crippen molar-refractivity contribution >= 4 is 33.6 Å². The van der Waals surface area contributed by atoms with Gasteiger partial charge in [0.2, 0.25) is 0 Å². The summed E-state index contributed by atoms with van der Waals surface area (Å²) in [6.07, 6.45) is 86.7. The topological polar surface area (TPSA) is 231 Å². The molecule has 99 heavy (non-hydrogen) atoms. The minimum Gasteiger partial charge on any atom is -0.463 e. The van der Waals surface area contributed by atoms with Gasteiger partial charge in [0.05, 0.1) is 26.4 Å². The Morgan fingerprint density at radius 2 is 0.535 bits per heavy atom. The molecule has 0 aromatic carbocycles. The molecule has 0 aromatic heterocycles. The van der Waals surface area contributed by atoms with Crippen LogP contribution in [0.4, 0.5) is 0 Å². The van der Waals surface area contributed by atoms with Crippen molar-refractivity contribution < 1.29 is 75.8 Å². The van der Waals surface area contributed by atoms with Gasteiger partial charge in [-0.05, 0) is 135 Å². The normalized spacial score (nSPS) is 14.7. The molecule has 0 saturated heterocycles. The molecule has 0 aliphatic heterocycles. The number of allylic oxidation sites excluding steroid dienone is 20. The summed E-state index contributed by atoms with van der Waals surface area (Å²) >= 11 is 0. The van der Waals surface area contributed by atoms with Crippen molar-refractivity contribution in [3.05, 3.63) is 122 Å². The highest BCUT2D eigenvalue weighted by atomic mass is 31.2. The summed E-state index contributed by atoms with van der Waals surface area (Å²) in [7, 11) is -9.79. The van der Waals surface area contributed by atoms with E-state index in [2.05, 4.69) is 142 Å². The third kappa shape index (κ3) is 74.9. The number of rotatable bonds is 73. The van der Waals surface area contributed by atoms with Crippen LogP contribution in [0.5, 0.6) is 0 Å². The predicted molar refractivity (Wildman–Crippen MR) is 408 cm³/mol. The summed E-state index contributed by atoms with van der Waals surface area (Å²) in [5.74, 6) is -1.60.